The van der Waals surface area contributed by atoms with Crippen LogP contribution in [0.5, 0.6) is 46.0 Å². The van der Waals surface area contributed by atoms with Crippen LogP contribution in [-0.4, -0.2) is 45.8 Å². The van der Waals surface area contributed by atoms with Gasteiger partial charge in [-0.05, 0) is 46.7 Å². The Morgan fingerprint density at radius 3 is 1.60 bits per heavy atom. The molecule has 10 aromatic rings. The van der Waals surface area contributed by atoms with Gasteiger partial charge in [0.15, 0.2) is 23.0 Å². The lowest BCUT2D eigenvalue weighted by atomic mass is 9.83. The highest BCUT2D eigenvalue weighted by atomic mass is 16.4. The number of aromatic hydroxyl groups is 8. The number of nitrogens with one attached hydrogen (secondary N) is 1. The number of H-pyrrole nitrogens is 1. The Bertz CT molecular complexity index is 3150. The fraction of sp³-hybridized carbons (Fsp3) is 0. The Kier molecular flexibility index (Phi) is 5.69. The van der Waals surface area contributed by atoms with E-state index >= 15 is 0 Å². The summed E-state index contributed by atoms with van der Waals surface area (Å²) in [6.45, 7) is 0. The fourth-order valence-electron chi connectivity index (χ4n) is 7.88. The van der Waals surface area contributed by atoms with E-state index in [1.54, 1.807) is 30.3 Å². The molecule has 2 aromatic heterocycles. The monoisotopic (exact) mass is 687 g/mol. The van der Waals surface area contributed by atoms with Crippen molar-refractivity contribution in [3.63, 3.8) is 0 Å². The number of hydrogen-bond acceptors (Lipinski definition) is 9. The molecule has 0 bridgehead atoms. The molecule has 0 radical (unpaired) electrons. The predicted molar refractivity (Wildman–Crippen MR) is 200 cm³/mol. The quantitative estimate of drug-likeness (QED) is 0.0484. The molecule has 52 heavy (non-hydrogen) atoms. The van der Waals surface area contributed by atoms with Gasteiger partial charge in [0.05, 0.1) is 5.52 Å². The van der Waals surface area contributed by atoms with Crippen LogP contribution in [0.3, 0.4) is 0 Å². The highest BCUT2D eigenvalue weighted by Crippen LogP contribution is 2.62. The van der Waals surface area contributed by atoms with E-state index in [4.69, 9.17) is 4.42 Å². The molecule has 10 nitrogen and oxygen atoms in total. The summed E-state index contributed by atoms with van der Waals surface area (Å²) >= 11 is 0. The van der Waals surface area contributed by atoms with Gasteiger partial charge in [0.2, 0.25) is 23.0 Å². The highest BCUT2D eigenvalue weighted by molar-refractivity contribution is 6.31. The molecular formula is C42H25NO9. The third-order valence-corrected chi connectivity index (χ3v) is 10.2. The molecule has 252 valence electrons. The standard InChI is InChI=1S/C42H25NO9/c44-35-30-28(19-12-13-21-24-14-17-6-1-2-7-18(17)15-27(24)52-26(21)16-19)31-33(38(47)42(51)40(49)36(31)45)29(32(30)37(46)41(50)39(35)48)23-10-5-9-22-20-8-3-4-11-25(20)43-34(22)23/h1-16,43-51H. The van der Waals surface area contributed by atoms with Crippen LogP contribution in [0.25, 0.3) is 98.3 Å². The van der Waals surface area contributed by atoms with Crippen molar-refractivity contribution in [3.8, 4) is 68.2 Å². The molecule has 0 aliphatic rings. The van der Waals surface area contributed by atoms with E-state index in [1.807, 2.05) is 66.7 Å². The van der Waals surface area contributed by atoms with Gasteiger partial charge in [-0.15, -0.1) is 0 Å². The normalized spacial score (nSPS) is 12.1. The number of hydrogen-bond donors (Lipinski definition) is 9. The van der Waals surface area contributed by atoms with Gasteiger partial charge in [0, 0.05) is 65.3 Å². The molecule has 0 spiro atoms. The number of para-hydroxylation sites is 2. The van der Waals surface area contributed by atoms with Crippen molar-refractivity contribution in [1.82, 2.24) is 4.98 Å². The third kappa shape index (κ3) is 3.66. The zero-order chi connectivity index (χ0) is 35.7. The Hall–Kier alpha value is -7.46. The Morgan fingerprint density at radius 2 is 0.942 bits per heavy atom. The minimum Gasteiger partial charge on any atom is -0.504 e. The number of furan rings is 1. The van der Waals surface area contributed by atoms with Crippen molar-refractivity contribution >= 4 is 76.1 Å². The molecule has 0 saturated heterocycles. The van der Waals surface area contributed by atoms with Crippen LogP contribution in [0, 0.1) is 0 Å². The molecule has 0 aliphatic heterocycles. The summed E-state index contributed by atoms with van der Waals surface area (Å²) in [4.78, 5) is 3.36. The van der Waals surface area contributed by atoms with Crippen molar-refractivity contribution in [2.75, 3.05) is 0 Å². The van der Waals surface area contributed by atoms with Gasteiger partial charge < -0.3 is 50.3 Å². The number of phenols is 8. The molecule has 0 fully saturated rings. The minimum atomic E-state index is -1.04. The number of aromatic nitrogens is 1. The summed E-state index contributed by atoms with van der Waals surface area (Å²) < 4.78 is 6.30. The fourth-order valence-corrected chi connectivity index (χ4v) is 7.88. The molecule has 0 aliphatic carbocycles. The first-order valence-electron chi connectivity index (χ1n) is 16.2. The van der Waals surface area contributed by atoms with Crippen LogP contribution in [0.4, 0.5) is 0 Å². The summed E-state index contributed by atoms with van der Waals surface area (Å²) in [5.74, 6) is -7.55. The summed E-state index contributed by atoms with van der Waals surface area (Å²) in [5, 5.41) is 94.8. The van der Waals surface area contributed by atoms with Crippen LogP contribution >= 0.6 is 0 Å². The van der Waals surface area contributed by atoms with Crippen LogP contribution < -0.4 is 0 Å². The Morgan fingerprint density at radius 1 is 0.404 bits per heavy atom. The molecule has 0 unspecified atom stereocenters. The van der Waals surface area contributed by atoms with E-state index in [1.165, 1.54) is 0 Å². The molecule has 0 amide bonds. The largest absolute Gasteiger partial charge is 0.504 e. The van der Waals surface area contributed by atoms with Crippen LogP contribution in [0.2, 0.25) is 0 Å². The molecule has 9 N–H and O–H groups in total. The van der Waals surface area contributed by atoms with E-state index in [0.717, 1.165) is 37.8 Å². The van der Waals surface area contributed by atoms with Crippen LogP contribution in [0.15, 0.2) is 101 Å². The van der Waals surface area contributed by atoms with Crippen molar-refractivity contribution in [3.05, 3.63) is 97.1 Å². The van der Waals surface area contributed by atoms with E-state index in [-0.39, 0.29) is 38.2 Å². The molecule has 10 rings (SSSR count). The van der Waals surface area contributed by atoms with Gasteiger partial charge in [-0.25, -0.2) is 0 Å². The van der Waals surface area contributed by atoms with Gasteiger partial charge in [-0.2, -0.15) is 0 Å². The lowest BCUT2D eigenvalue weighted by Gasteiger charge is -2.22. The lowest BCUT2D eigenvalue weighted by Crippen LogP contribution is -1.95. The number of benzene rings is 8. The zero-order valence-corrected chi connectivity index (χ0v) is 26.7. The summed E-state index contributed by atoms with van der Waals surface area (Å²) in [6, 6.07) is 29.6. The Balaban J connectivity index is 1.42. The minimum absolute atomic E-state index is 0.0337. The molecule has 8 aromatic carbocycles. The average Bonchev–Trinajstić information content (AvgIpc) is 3.73. The summed E-state index contributed by atoms with van der Waals surface area (Å²) in [6.07, 6.45) is 0. The van der Waals surface area contributed by atoms with Gasteiger partial charge >= 0.3 is 0 Å². The number of phenolic OH excluding ortho intramolecular Hbond substituents is 8. The van der Waals surface area contributed by atoms with Crippen molar-refractivity contribution in [2.24, 2.45) is 0 Å². The van der Waals surface area contributed by atoms with Gasteiger partial charge in [-0.3, -0.25) is 0 Å². The van der Waals surface area contributed by atoms with Crippen LogP contribution in [-0.2, 0) is 0 Å². The number of fused-ring (bicyclic) bond motifs is 9. The Labute approximate surface area is 291 Å². The first kappa shape index (κ1) is 29.5. The molecule has 10 heteroatoms. The number of rotatable bonds is 2. The van der Waals surface area contributed by atoms with Crippen LogP contribution in [0.1, 0.15) is 0 Å². The van der Waals surface area contributed by atoms with E-state index in [2.05, 4.69) is 4.98 Å². The number of aromatic amines is 1. The summed E-state index contributed by atoms with van der Waals surface area (Å²) in [5.41, 5.74) is 2.80. The molecule has 0 atom stereocenters. The maximum absolute atomic E-state index is 11.7. The predicted octanol–water partition coefficient (Wildman–Crippen LogP) is 9.66. The maximum Gasteiger partial charge on any atom is 0.204 e. The molecule has 2 heterocycles. The van der Waals surface area contributed by atoms with Gasteiger partial charge in [0.25, 0.3) is 0 Å². The second-order valence-electron chi connectivity index (χ2n) is 12.9. The average molecular weight is 688 g/mol. The highest BCUT2D eigenvalue weighted by Gasteiger charge is 2.33. The zero-order valence-electron chi connectivity index (χ0n) is 26.7. The third-order valence-electron chi connectivity index (χ3n) is 10.2. The SMILES string of the molecule is Oc1c(O)c(O)c2c(-c3cccc4c3[nH]c3ccccc34)c3c(O)c(O)c(O)c(O)c3c(-c3ccc4c(c3)oc3cc5ccccc5cc34)c2c1O. The van der Waals surface area contributed by atoms with Crippen molar-refractivity contribution < 1.29 is 45.3 Å². The molecular weight excluding hydrogens is 662 g/mol. The lowest BCUT2D eigenvalue weighted by molar-refractivity contribution is 0.350. The van der Waals surface area contributed by atoms with Gasteiger partial charge in [-0.1, -0.05) is 66.7 Å². The van der Waals surface area contributed by atoms with E-state index < -0.39 is 46.0 Å². The molecule has 0 saturated carbocycles. The first-order valence-corrected chi connectivity index (χ1v) is 16.2. The van der Waals surface area contributed by atoms with Crippen molar-refractivity contribution in [2.45, 2.75) is 0 Å². The van der Waals surface area contributed by atoms with Gasteiger partial charge in [0.1, 0.15) is 11.2 Å². The first-order chi connectivity index (χ1) is 25.1. The topological polar surface area (TPSA) is 191 Å². The summed E-state index contributed by atoms with van der Waals surface area (Å²) in [7, 11) is 0. The van der Waals surface area contributed by atoms with E-state index in [0.29, 0.717) is 22.2 Å². The second-order valence-corrected chi connectivity index (χ2v) is 12.9. The van der Waals surface area contributed by atoms with E-state index in [9.17, 15) is 40.9 Å². The second kappa shape index (κ2) is 10.1. The smallest absolute Gasteiger partial charge is 0.204 e. The maximum atomic E-state index is 11.7. The van der Waals surface area contributed by atoms with Crippen molar-refractivity contribution in [1.29, 1.82) is 0 Å².